The van der Waals surface area contributed by atoms with Crippen molar-refractivity contribution in [2.24, 2.45) is 4.99 Å². The molecule has 0 amide bonds. The molecule has 0 radical (unpaired) electrons. The summed E-state index contributed by atoms with van der Waals surface area (Å²) in [6.07, 6.45) is 9.61. The van der Waals surface area contributed by atoms with Crippen LogP contribution in [0.15, 0.2) is 41.7 Å². The first kappa shape index (κ1) is 23.7. The molecule has 1 aliphatic rings. The van der Waals surface area contributed by atoms with Crippen molar-refractivity contribution < 1.29 is 4.74 Å². The smallest absolute Gasteiger partial charge is 0.213 e. The van der Waals surface area contributed by atoms with Gasteiger partial charge in [-0.15, -0.1) is 24.0 Å². The van der Waals surface area contributed by atoms with Crippen LogP contribution in [0.1, 0.15) is 43.7 Å². The van der Waals surface area contributed by atoms with Crippen LogP contribution in [0.5, 0.6) is 5.88 Å². The zero-order valence-corrected chi connectivity index (χ0v) is 19.8. The lowest BCUT2D eigenvalue weighted by Crippen LogP contribution is -2.38. The van der Waals surface area contributed by atoms with Gasteiger partial charge in [0, 0.05) is 31.5 Å². The van der Waals surface area contributed by atoms with Crippen LogP contribution in [0.25, 0.3) is 0 Å². The third-order valence-corrected chi connectivity index (χ3v) is 4.87. The third kappa shape index (κ3) is 8.34. The van der Waals surface area contributed by atoms with Gasteiger partial charge in [0.05, 0.1) is 6.54 Å². The van der Waals surface area contributed by atoms with Crippen molar-refractivity contribution in [3.05, 3.63) is 52.9 Å². The number of ether oxygens (including phenoxy) is 1. The molecule has 1 fully saturated rings. The maximum absolute atomic E-state index is 5.91. The normalized spacial score (nSPS) is 14.3. The van der Waals surface area contributed by atoms with E-state index in [-0.39, 0.29) is 24.0 Å². The van der Waals surface area contributed by atoms with Crippen molar-refractivity contribution in [1.82, 2.24) is 20.6 Å². The first-order valence-corrected chi connectivity index (χ1v) is 10.3. The molecule has 1 saturated carbocycles. The number of hydrogen-bond donors (Lipinski definition) is 2. The molecule has 0 spiro atoms. The summed E-state index contributed by atoms with van der Waals surface area (Å²) in [6.45, 7) is 4.19. The van der Waals surface area contributed by atoms with E-state index in [0.29, 0.717) is 23.7 Å². The molecule has 0 aliphatic heterocycles. The number of rotatable bonds is 8. The molecule has 2 N–H and O–H groups in total. The molecular formula is C21H29ClIN5O. The Hall–Kier alpha value is -1.61. The predicted molar refractivity (Wildman–Crippen MR) is 128 cm³/mol. The monoisotopic (exact) mass is 529 g/mol. The van der Waals surface area contributed by atoms with Crippen molar-refractivity contribution in [3.8, 4) is 5.88 Å². The second kappa shape index (κ2) is 12.8. The quantitative estimate of drug-likeness (QED) is 0.230. The molecule has 0 aromatic carbocycles. The maximum atomic E-state index is 5.91. The van der Waals surface area contributed by atoms with E-state index in [1.54, 1.807) is 6.20 Å². The average molecular weight is 530 g/mol. The Morgan fingerprint density at radius 2 is 1.86 bits per heavy atom. The zero-order chi connectivity index (χ0) is 19.6. The summed E-state index contributed by atoms with van der Waals surface area (Å²) in [5.74, 6) is 1.50. The van der Waals surface area contributed by atoms with Crippen molar-refractivity contribution in [2.45, 2.75) is 51.7 Å². The first-order chi connectivity index (χ1) is 13.7. The lowest BCUT2D eigenvalue weighted by atomic mass is 10.2. The minimum Gasteiger partial charge on any atom is -0.474 e. The van der Waals surface area contributed by atoms with Gasteiger partial charge in [0.15, 0.2) is 5.96 Å². The van der Waals surface area contributed by atoms with Crippen molar-refractivity contribution >= 4 is 41.5 Å². The van der Waals surface area contributed by atoms with Gasteiger partial charge in [0.1, 0.15) is 11.3 Å². The number of aromatic nitrogens is 2. The van der Waals surface area contributed by atoms with Crippen molar-refractivity contribution in [2.75, 3.05) is 13.1 Å². The van der Waals surface area contributed by atoms with Crippen molar-refractivity contribution in [1.29, 1.82) is 0 Å². The number of hydrogen-bond acceptors (Lipinski definition) is 4. The molecule has 2 heterocycles. The van der Waals surface area contributed by atoms with Gasteiger partial charge >= 0.3 is 0 Å². The van der Waals surface area contributed by atoms with Gasteiger partial charge in [0.25, 0.3) is 0 Å². The molecule has 0 unspecified atom stereocenters. The van der Waals surface area contributed by atoms with Crippen LogP contribution < -0.4 is 15.4 Å². The fraction of sp³-hybridized carbons (Fsp3) is 0.476. The van der Waals surface area contributed by atoms with E-state index in [1.807, 2.05) is 30.5 Å². The van der Waals surface area contributed by atoms with Crippen LogP contribution >= 0.6 is 35.6 Å². The second-order valence-electron chi connectivity index (χ2n) is 6.89. The Kier molecular flexibility index (Phi) is 10.5. The van der Waals surface area contributed by atoms with Crippen LogP contribution in [0.2, 0.25) is 5.15 Å². The van der Waals surface area contributed by atoms with Gasteiger partial charge in [-0.2, -0.15) is 0 Å². The highest BCUT2D eigenvalue weighted by atomic mass is 127. The molecular weight excluding hydrogens is 501 g/mol. The number of pyridine rings is 2. The van der Waals surface area contributed by atoms with Gasteiger partial charge in [-0.05, 0) is 56.2 Å². The summed E-state index contributed by atoms with van der Waals surface area (Å²) in [4.78, 5) is 13.2. The molecule has 29 heavy (non-hydrogen) atoms. The lowest BCUT2D eigenvalue weighted by Gasteiger charge is -2.12. The highest BCUT2D eigenvalue weighted by molar-refractivity contribution is 14.0. The summed E-state index contributed by atoms with van der Waals surface area (Å²) >= 11 is 5.82. The summed E-state index contributed by atoms with van der Waals surface area (Å²) in [5, 5.41) is 7.13. The van der Waals surface area contributed by atoms with Crippen molar-refractivity contribution in [3.63, 3.8) is 0 Å². The van der Waals surface area contributed by atoms with E-state index in [1.165, 1.54) is 12.8 Å². The summed E-state index contributed by atoms with van der Waals surface area (Å²) in [5.41, 5.74) is 2.19. The number of nitrogens with one attached hydrogen (secondary N) is 2. The minimum atomic E-state index is 0. The van der Waals surface area contributed by atoms with E-state index in [2.05, 4.69) is 32.5 Å². The van der Waals surface area contributed by atoms with Crippen LogP contribution in [0.3, 0.4) is 0 Å². The van der Waals surface area contributed by atoms with Gasteiger partial charge < -0.3 is 15.4 Å². The molecule has 158 valence electrons. The summed E-state index contributed by atoms with van der Waals surface area (Å²) in [7, 11) is 0. The molecule has 2 aromatic rings. The SMILES string of the molecule is CCNC(=NCc1ccc(OC2CCCC2)nc1)NCCc1ccc(Cl)nc1.I. The summed E-state index contributed by atoms with van der Waals surface area (Å²) in [6, 6.07) is 7.77. The van der Waals surface area contributed by atoms with E-state index < -0.39 is 0 Å². The largest absolute Gasteiger partial charge is 0.474 e. The fourth-order valence-electron chi connectivity index (χ4n) is 3.14. The summed E-state index contributed by atoms with van der Waals surface area (Å²) < 4.78 is 5.91. The lowest BCUT2D eigenvalue weighted by molar-refractivity contribution is 0.201. The molecule has 3 rings (SSSR count). The number of halogens is 2. The van der Waals surface area contributed by atoms with Gasteiger partial charge in [0.2, 0.25) is 5.88 Å². The van der Waals surface area contributed by atoms with E-state index in [9.17, 15) is 0 Å². The molecule has 0 bridgehead atoms. The van der Waals surface area contributed by atoms with Crippen LogP contribution in [-0.4, -0.2) is 35.1 Å². The molecule has 1 aliphatic carbocycles. The molecule has 8 heteroatoms. The Labute approximate surface area is 194 Å². The van der Waals surface area contributed by atoms with E-state index in [4.69, 9.17) is 16.3 Å². The van der Waals surface area contributed by atoms with Crippen LogP contribution in [0, 0.1) is 0 Å². The number of nitrogens with zero attached hydrogens (tertiary/aromatic N) is 3. The van der Waals surface area contributed by atoms with Gasteiger partial charge in [-0.3, -0.25) is 0 Å². The number of aliphatic imine (C=N–C) groups is 1. The van der Waals surface area contributed by atoms with E-state index >= 15 is 0 Å². The standard InChI is InChI=1S/C21H28ClN5O.HI/c1-2-23-21(24-12-11-16-7-9-19(22)25-13-16)27-15-17-8-10-20(26-14-17)28-18-5-3-4-6-18;/h7-10,13-14,18H,2-6,11-12,15H2,1H3,(H2,23,24,27);1H. The first-order valence-electron chi connectivity index (χ1n) is 9.97. The Morgan fingerprint density at radius 1 is 1.10 bits per heavy atom. The van der Waals surface area contributed by atoms with Crippen LogP contribution in [-0.2, 0) is 13.0 Å². The highest BCUT2D eigenvalue weighted by Crippen LogP contribution is 2.22. The highest BCUT2D eigenvalue weighted by Gasteiger charge is 2.16. The molecule has 0 saturated heterocycles. The predicted octanol–water partition coefficient (Wildman–Crippen LogP) is 4.37. The maximum Gasteiger partial charge on any atom is 0.213 e. The Balaban J connectivity index is 0.00000300. The fourth-order valence-corrected chi connectivity index (χ4v) is 3.25. The zero-order valence-electron chi connectivity index (χ0n) is 16.7. The van der Waals surface area contributed by atoms with Crippen LogP contribution in [0.4, 0.5) is 0 Å². The molecule has 2 aromatic heterocycles. The minimum absolute atomic E-state index is 0. The average Bonchev–Trinajstić information content (AvgIpc) is 3.22. The van der Waals surface area contributed by atoms with Gasteiger partial charge in [-0.25, -0.2) is 15.0 Å². The third-order valence-electron chi connectivity index (χ3n) is 4.65. The second-order valence-corrected chi connectivity index (χ2v) is 7.28. The van der Waals surface area contributed by atoms with E-state index in [0.717, 1.165) is 49.4 Å². The molecule has 0 atom stereocenters. The topological polar surface area (TPSA) is 71.4 Å². The Bertz CT molecular complexity index is 749. The molecule has 6 nitrogen and oxygen atoms in total. The van der Waals surface area contributed by atoms with Gasteiger partial charge in [-0.1, -0.05) is 23.7 Å². The number of guanidine groups is 1. The Morgan fingerprint density at radius 3 is 2.52 bits per heavy atom.